The van der Waals surface area contributed by atoms with Crippen LogP contribution >= 0.6 is 0 Å². The molecule has 2 rings (SSSR count). The maximum atomic E-state index is 12.0. The summed E-state index contributed by atoms with van der Waals surface area (Å²) in [7, 11) is -2.42. The van der Waals surface area contributed by atoms with Crippen LogP contribution in [-0.2, 0) is 9.92 Å². The van der Waals surface area contributed by atoms with Gasteiger partial charge in [0.05, 0.1) is 5.25 Å². The summed E-state index contributed by atoms with van der Waals surface area (Å²) in [5, 5.41) is 3.43. The van der Waals surface area contributed by atoms with Crippen LogP contribution in [0.5, 0.6) is 0 Å². The first kappa shape index (κ1) is 9.43. The number of hydrogen-bond acceptors (Lipinski definition) is 3. The van der Waals surface area contributed by atoms with E-state index >= 15 is 0 Å². The molecule has 1 unspecified atom stereocenters. The van der Waals surface area contributed by atoms with Crippen LogP contribution in [-0.4, -0.2) is 39.9 Å². The lowest BCUT2D eigenvalue weighted by molar-refractivity contribution is 0.462. The second kappa shape index (κ2) is 3.55. The third kappa shape index (κ3) is 2.03. The van der Waals surface area contributed by atoms with E-state index < -0.39 is 9.92 Å². The highest BCUT2D eigenvalue weighted by molar-refractivity contribution is 7.91. The lowest BCUT2D eigenvalue weighted by Gasteiger charge is -2.21. The van der Waals surface area contributed by atoms with Gasteiger partial charge in [0.15, 0.2) is 0 Å². The number of nitrogens with one attached hydrogen (secondary N) is 2. The number of nitrogens with zero attached hydrogens (tertiary/aromatic N) is 1. The van der Waals surface area contributed by atoms with Gasteiger partial charge in [0.25, 0.3) is 0 Å². The normalized spacial score (nSPS) is 30.8. The molecule has 0 aromatic rings. The van der Waals surface area contributed by atoms with Crippen LogP contribution in [0.2, 0.25) is 0 Å². The SMILES string of the molecule is N=S(=O)(C1CC1)N1CCCNCC1. The Labute approximate surface area is 79.8 Å². The van der Waals surface area contributed by atoms with Crippen molar-refractivity contribution in [2.45, 2.75) is 24.5 Å². The maximum Gasteiger partial charge on any atom is 0.110 e. The molecule has 0 bridgehead atoms. The lowest BCUT2D eigenvalue weighted by Crippen LogP contribution is -2.35. The Morgan fingerprint density at radius 3 is 2.77 bits per heavy atom. The van der Waals surface area contributed by atoms with Crippen LogP contribution in [0.15, 0.2) is 0 Å². The summed E-state index contributed by atoms with van der Waals surface area (Å²) >= 11 is 0. The molecule has 13 heavy (non-hydrogen) atoms. The first-order valence-corrected chi connectivity index (χ1v) is 6.52. The lowest BCUT2D eigenvalue weighted by atomic mass is 10.4. The summed E-state index contributed by atoms with van der Waals surface area (Å²) < 4.78 is 21.8. The third-order valence-corrected chi connectivity index (χ3v) is 5.17. The van der Waals surface area contributed by atoms with Crippen molar-refractivity contribution in [2.24, 2.45) is 0 Å². The van der Waals surface area contributed by atoms with Gasteiger partial charge in [-0.15, -0.1) is 0 Å². The molecule has 76 valence electrons. The second-order valence-corrected chi connectivity index (χ2v) is 6.12. The summed E-state index contributed by atoms with van der Waals surface area (Å²) in [4.78, 5) is 0. The zero-order valence-corrected chi connectivity index (χ0v) is 8.61. The molecule has 4 nitrogen and oxygen atoms in total. The van der Waals surface area contributed by atoms with Gasteiger partial charge in [0.2, 0.25) is 0 Å². The highest BCUT2D eigenvalue weighted by Crippen LogP contribution is 2.31. The number of rotatable bonds is 2. The van der Waals surface area contributed by atoms with Crippen LogP contribution in [0.3, 0.4) is 0 Å². The fourth-order valence-electron chi connectivity index (χ4n) is 1.69. The number of hydrogen-bond donors (Lipinski definition) is 2. The van der Waals surface area contributed by atoms with Crippen molar-refractivity contribution in [1.82, 2.24) is 9.62 Å². The zero-order chi connectivity index (χ0) is 9.31. The third-order valence-electron chi connectivity index (χ3n) is 2.66. The molecule has 0 aromatic heterocycles. The molecule has 0 radical (unpaired) electrons. The molecule has 1 aliphatic carbocycles. The molecule has 0 spiro atoms. The predicted octanol–water partition coefficient (Wildman–Crippen LogP) is 0.406. The first-order chi connectivity index (χ1) is 6.21. The Bertz CT molecular complexity index is 263. The molecule has 1 saturated heterocycles. The van der Waals surface area contributed by atoms with Gasteiger partial charge >= 0.3 is 0 Å². The van der Waals surface area contributed by atoms with Gasteiger partial charge in [0, 0.05) is 19.6 Å². The molecule has 2 N–H and O–H groups in total. The molecule has 5 heteroatoms. The van der Waals surface area contributed by atoms with Gasteiger partial charge < -0.3 is 5.32 Å². The molecule has 2 aliphatic rings. The summed E-state index contributed by atoms with van der Waals surface area (Å²) in [6.45, 7) is 3.48. The van der Waals surface area contributed by atoms with E-state index in [2.05, 4.69) is 5.32 Å². The molecule has 1 atom stereocenters. The minimum Gasteiger partial charge on any atom is -0.315 e. The van der Waals surface area contributed by atoms with Gasteiger partial charge in [-0.2, -0.15) is 0 Å². The van der Waals surface area contributed by atoms with Crippen molar-refractivity contribution in [3.63, 3.8) is 0 Å². The van der Waals surface area contributed by atoms with E-state index in [1.165, 1.54) is 0 Å². The second-order valence-electron chi connectivity index (χ2n) is 3.80. The molecule has 1 saturated carbocycles. The highest BCUT2D eigenvalue weighted by atomic mass is 32.2. The van der Waals surface area contributed by atoms with E-state index in [0.29, 0.717) is 0 Å². The van der Waals surface area contributed by atoms with Crippen LogP contribution in [0.4, 0.5) is 0 Å². The van der Waals surface area contributed by atoms with Gasteiger partial charge in [-0.25, -0.2) is 13.3 Å². The van der Waals surface area contributed by atoms with Gasteiger partial charge in [-0.3, -0.25) is 0 Å². The summed E-state index contributed by atoms with van der Waals surface area (Å²) in [6, 6.07) is 0. The topological polar surface area (TPSA) is 56.2 Å². The Kier molecular flexibility index (Phi) is 2.58. The molecule has 1 aliphatic heterocycles. The van der Waals surface area contributed by atoms with Crippen LogP contribution in [0, 0.1) is 4.78 Å². The van der Waals surface area contributed by atoms with Crippen molar-refractivity contribution in [3.8, 4) is 0 Å². The average molecular weight is 203 g/mol. The van der Waals surface area contributed by atoms with E-state index in [1.54, 1.807) is 0 Å². The Hall–Kier alpha value is -0.130. The quantitative estimate of drug-likeness (QED) is 0.683. The highest BCUT2D eigenvalue weighted by Gasteiger charge is 2.36. The Morgan fingerprint density at radius 1 is 1.31 bits per heavy atom. The summed E-state index contributed by atoms with van der Waals surface area (Å²) in [5.74, 6) is 0. The predicted molar refractivity (Wildman–Crippen MR) is 52.9 cm³/mol. The van der Waals surface area contributed by atoms with Crippen LogP contribution in [0.1, 0.15) is 19.3 Å². The van der Waals surface area contributed by atoms with E-state index in [9.17, 15) is 4.21 Å². The Morgan fingerprint density at radius 2 is 2.08 bits per heavy atom. The van der Waals surface area contributed by atoms with Gasteiger partial charge in [0.1, 0.15) is 9.92 Å². The van der Waals surface area contributed by atoms with E-state index in [4.69, 9.17) is 4.78 Å². The monoisotopic (exact) mass is 203 g/mol. The molecule has 0 amide bonds. The smallest absolute Gasteiger partial charge is 0.110 e. The maximum absolute atomic E-state index is 12.0. The van der Waals surface area contributed by atoms with Crippen molar-refractivity contribution in [3.05, 3.63) is 0 Å². The molecular weight excluding hydrogens is 186 g/mol. The van der Waals surface area contributed by atoms with Crippen molar-refractivity contribution in [2.75, 3.05) is 26.2 Å². The van der Waals surface area contributed by atoms with Gasteiger partial charge in [-0.05, 0) is 25.8 Å². The summed E-state index contributed by atoms with van der Waals surface area (Å²) in [5.41, 5.74) is 0. The largest absolute Gasteiger partial charge is 0.315 e. The Balaban J connectivity index is 2.04. The van der Waals surface area contributed by atoms with Crippen molar-refractivity contribution in [1.29, 1.82) is 4.78 Å². The summed E-state index contributed by atoms with van der Waals surface area (Å²) in [6.07, 6.45) is 3.00. The van der Waals surface area contributed by atoms with Gasteiger partial charge in [-0.1, -0.05) is 0 Å². The minimum absolute atomic E-state index is 0.172. The van der Waals surface area contributed by atoms with Crippen LogP contribution < -0.4 is 5.32 Å². The molecular formula is C8H17N3OS. The standard InChI is InChI=1S/C8H17N3OS/c9-13(12,8-2-3-8)11-6-1-4-10-5-7-11/h8-10H,1-7H2. The zero-order valence-electron chi connectivity index (χ0n) is 7.79. The fraction of sp³-hybridized carbons (Fsp3) is 1.00. The van der Waals surface area contributed by atoms with E-state index in [0.717, 1.165) is 45.4 Å². The van der Waals surface area contributed by atoms with Crippen LogP contribution in [0.25, 0.3) is 0 Å². The molecule has 1 heterocycles. The van der Waals surface area contributed by atoms with Crippen molar-refractivity contribution < 1.29 is 4.21 Å². The first-order valence-electron chi connectivity index (χ1n) is 4.95. The van der Waals surface area contributed by atoms with Crippen molar-refractivity contribution >= 4 is 9.92 Å². The van der Waals surface area contributed by atoms with E-state index in [1.807, 2.05) is 4.31 Å². The molecule has 2 fully saturated rings. The molecule has 0 aromatic carbocycles. The average Bonchev–Trinajstić information content (AvgIpc) is 2.93. The minimum atomic E-state index is -2.42. The van der Waals surface area contributed by atoms with E-state index in [-0.39, 0.29) is 5.25 Å². The fourth-order valence-corrected chi connectivity index (χ4v) is 3.65.